The Morgan fingerprint density at radius 2 is 1.88 bits per heavy atom. The average Bonchev–Trinajstić information content (AvgIpc) is 3.00. The standard InChI is InChI=1S/C27H40O5/c1-19(2)32-27(31)9-7-5-4-6-8-23-24(26(30)18-25(23)29)17-16-22(28)15-14-21-12-10-20(3)11-13-21/h4,6,10-13,16-17,19,22-26,28-30H,5,7-9,14-15,18H2,1-3H3/b6-4-,17-16+/t22?,23-,24-,25+,26-/m1/s1. The third kappa shape index (κ3) is 9.27. The van der Waals surface area contributed by atoms with Gasteiger partial charge in [0, 0.05) is 18.8 Å². The summed E-state index contributed by atoms with van der Waals surface area (Å²) in [6.45, 7) is 5.73. The van der Waals surface area contributed by atoms with Crippen LogP contribution in [0.15, 0.2) is 48.6 Å². The van der Waals surface area contributed by atoms with Crippen LogP contribution >= 0.6 is 0 Å². The first-order valence-electron chi connectivity index (χ1n) is 11.9. The van der Waals surface area contributed by atoms with E-state index in [1.807, 2.05) is 32.1 Å². The number of hydrogen-bond acceptors (Lipinski definition) is 5. The molecule has 2 rings (SSSR count). The Hall–Kier alpha value is -1.95. The zero-order chi connectivity index (χ0) is 23.5. The summed E-state index contributed by atoms with van der Waals surface area (Å²) >= 11 is 0. The number of allylic oxidation sites excluding steroid dienone is 2. The highest BCUT2D eigenvalue weighted by molar-refractivity contribution is 5.69. The molecule has 1 unspecified atom stereocenters. The summed E-state index contributed by atoms with van der Waals surface area (Å²) in [5, 5.41) is 31.1. The average molecular weight is 445 g/mol. The smallest absolute Gasteiger partial charge is 0.306 e. The molecule has 1 aromatic rings. The minimum absolute atomic E-state index is 0.0762. The van der Waals surface area contributed by atoms with E-state index < -0.39 is 18.3 Å². The molecule has 0 bridgehead atoms. The molecule has 5 heteroatoms. The zero-order valence-electron chi connectivity index (χ0n) is 19.7. The first-order chi connectivity index (χ1) is 15.3. The van der Waals surface area contributed by atoms with Crippen LogP contribution in [0.3, 0.4) is 0 Å². The van der Waals surface area contributed by atoms with Crippen molar-refractivity contribution in [2.75, 3.05) is 0 Å². The summed E-state index contributed by atoms with van der Waals surface area (Å²) < 4.78 is 5.12. The Morgan fingerprint density at radius 3 is 2.56 bits per heavy atom. The van der Waals surface area contributed by atoms with Gasteiger partial charge in [-0.15, -0.1) is 0 Å². The van der Waals surface area contributed by atoms with Crippen molar-refractivity contribution in [2.45, 2.75) is 90.1 Å². The second kappa shape index (κ2) is 13.6. The van der Waals surface area contributed by atoms with E-state index in [4.69, 9.17) is 4.74 Å². The molecule has 0 radical (unpaired) electrons. The molecule has 0 aromatic heterocycles. The van der Waals surface area contributed by atoms with Gasteiger partial charge in [0.15, 0.2) is 0 Å². The number of benzene rings is 1. The number of esters is 1. The van der Waals surface area contributed by atoms with Gasteiger partial charge in [0.1, 0.15) is 0 Å². The maximum absolute atomic E-state index is 11.5. The molecule has 1 saturated carbocycles. The first-order valence-corrected chi connectivity index (χ1v) is 11.9. The molecule has 0 aliphatic heterocycles. The number of hydrogen-bond donors (Lipinski definition) is 3. The van der Waals surface area contributed by atoms with E-state index >= 15 is 0 Å². The van der Waals surface area contributed by atoms with Gasteiger partial charge in [-0.1, -0.05) is 54.1 Å². The van der Waals surface area contributed by atoms with Gasteiger partial charge in [0.2, 0.25) is 0 Å². The monoisotopic (exact) mass is 444 g/mol. The molecule has 5 nitrogen and oxygen atoms in total. The summed E-state index contributed by atoms with van der Waals surface area (Å²) in [6, 6.07) is 8.31. The van der Waals surface area contributed by atoms with E-state index in [-0.39, 0.29) is 23.9 Å². The largest absolute Gasteiger partial charge is 0.463 e. The number of unbranched alkanes of at least 4 members (excludes halogenated alkanes) is 1. The van der Waals surface area contributed by atoms with Crippen LogP contribution in [-0.2, 0) is 16.0 Å². The predicted octanol–water partition coefficient (Wildman–Crippen LogP) is 4.27. The lowest BCUT2D eigenvalue weighted by Gasteiger charge is -2.19. The lowest BCUT2D eigenvalue weighted by Crippen LogP contribution is -2.20. The van der Waals surface area contributed by atoms with Crippen LogP contribution in [0.2, 0.25) is 0 Å². The summed E-state index contributed by atoms with van der Waals surface area (Å²) in [4.78, 5) is 11.5. The van der Waals surface area contributed by atoms with Crippen molar-refractivity contribution in [3.63, 3.8) is 0 Å². The summed E-state index contributed by atoms with van der Waals surface area (Å²) in [5.74, 6) is -0.425. The van der Waals surface area contributed by atoms with Gasteiger partial charge in [-0.25, -0.2) is 0 Å². The van der Waals surface area contributed by atoms with E-state index in [1.165, 1.54) is 11.1 Å². The molecule has 0 amide bonds. The Morgan fingerprint density at radius 1 is 1.16 bits per heavy atom. The first kappa shape index (κ1) is 26.3. The molecule has 1 aliphatic rings. The third-order valence-corrected chi connectivity index (χ3v) is 6.01. The fourth-order valence-corrected chi connectivity index (χ4v) is 4.19. The van der Waals surface area contributed by atoms with Gasteiger partial charge in [0.05, 0.1) is 24.4 Å². The highest BCUT2D eigenvalue weighted by atomic mass is 16.5. The van der Waals surface area contributed by atoms with Crippen LogP contribution in [-0.4, -0.2) is 45.7 Å². The van der Waals surface area contributed by atoms with E-state index in [0.717, 1.165) is 19.3 Å². The Labute approximate surface area is 192 Å². The molecule has 3 N–H and O–H groups in total. The molecule has 0 saturated heterocycles. The minimum atomic E-state index is -0.602. The molecular weight excluding hydrogens is 404 g/mol. The van der Waals surface area contributed by atoms with Crippen LogP contribution in [0, 0.1) is 18.8 Å². The molecule has 32 heavy (non-hydrogen) atoms. The highest BCUT2D eigenvalue weighted by Crippen LogP contribution is 2.36. The number of aliphatic hydroxyl groups excluding tert-OH is 3. The van der Waals surface area contributed by atoms with Crippen molar-refractivity contribution in [2.24, 2.45) is 11.8 Å². The van der Waals surface area contributed by atoms with Crippen molar-refractivity contribution in [3.8, 4) is 0 Å². The predicted molar refractivity (Wildman–Crippen MR) is 127 cm³/mol. The summed E-state index contributed by atoms with van der Waals surface area (Å²) in [6.07, 6.45) is 10.2. The lowest BCUT2D eigenvalue weighted by atomic mass is 9.89. The number of aliphatic hydroxyl groups is 3. The van der Waals surface area contributed by atoms with Crippen LogP contribution in [0.5, 0.6) is 0 Å². The quantitative estimate of drug-likeness (QED) is 0.255. The normalized spacial score (nSPS) is 24.6. The van der Waals surface area contributed by atoms with Crippen LogP contribution < -0.4 is 0 Å². The summed E-state index contributed by atoms with van der Waals surface area (Å²) in [5.41, 5.74) is 2.41. The van der Waals surface area contributed by atoms with Gasteiger partial charge < -0.3 is 20.1 Å². The number of aryl methyl sites for hydroxylation is 2. The number of ether oxygens (including phenoxy) is 1. The van der Waals surface area contributed by atoms with E-state index in [2.05, 4.69) is 31.2 Å². The molecule has 1 aliphatic carbocycles. The maximum atomic E-state index is 11.5. The minimum Gasteiger partial charge on any atom is -0.463 e. The van der Waals surface area contributed by atoms with Crippen molar-refractivity contribution >= 4 is 5.97 Å². The Kier molecular flexibility index (Phi) is 11.1. The third-order valence-electron chi connectivity index (χ3n) is 6.01. The zero-order valence-corrected chi connectivity index (χ0v) is 19.7. The molecular formula is C27H40O5. The van der Waals surface area contributed by atoms with E-state index in [9.17, 15) is 20.1 Å². The Balaban J connectivity index is 1.77. The fraction of sp³-hybridized carbons (Fsp3) is 0.593. The highest BCUT2D eigenvalue weighted by Gasteiger charge is 2.39. The van der Waals surface area contributed by atoms with E-state index in [1.54, 1.807) is 6.08 Å². The molecule has 0 spiro atoms. The SMILES string of the molecule is Cc1ccc(CCC(O)/C=C/[C@@H]2[C@@H](C/C=C\CCCC(=O)OC(C)C)[C@@H](O)C[C@H]2O)cc1. The molecule has 0 heterocycles. The second-order valence-corrected chi connectivity index (χ2v) is 9.23. The Bertz CT molecular complexity index is 737. The van der Waals surface area contributed by atoms with Crippen LogP contribution in [0.1, 0.15) is 63.5 Å². The number of carbonyl (C=O) groups is 1. The molecule has 5 atom stereocenters. The maximum Gasteiger partial charge on any atom is 0.306 e. The topological polar surface area (TPSA) is 87.0 Å². The van der Waals surface area contributed by atoms with Crippen molar-refractivity contribution in [1.29, 1.82) is 0 Å². The van der Waals surface area contributed by atoms with Gasteiger partial charge in [-0.05, 0) is 64.4 Å². The van der Waals surface area contributed by atoms with E-state index in [0.29, 0.717) is 25.7 Å². The van der Waals surface area contributed by atoms with Crippen molar-refractivity contribution < 1.29 is 24.9 Å². The van der Waals surface area contributed by atoms with Crippen molar-refractivity contribution in [3.05, 3.63) is 59.7 Å². The van der Waals surface area contributed by atoms with Gasteiger partial charge in [-0.3, -0.25) is 4.79 Å². The summed E-state index contributed by atoms with van der Waals surface area (Å²) in [7, 11) is 0. The lowest BCUT2D eigenvalue weighted by molar-refractivity contribution is -0.147. The van der Waals surface area contributed by atoms with Gasteiger partial charge in [0.25, 0.3) is 0 Å². The van der Waals surface area contributed by atoms with Crippen LogP contribution in [0.25, 0.3) is 0 Å². The van der Waals surface area contributed by atoms with Crippen molar-refractivity contribution in [1.82, 2.24) is 0 Å². The molecule has 1 fully saturated rings. The number of carbonyl (C=O) groups excluding carboxylic acids is 1. The molecule has 178 valence electrons. The van der Waals surface area contributed by atoms with Crippen LogP contribution in [0.4, 0.5) is 0 Å². The number of rotatable bonds is 12. The van der Waals surface area contributed by atoms with Gasteiger partial charge >= 0.3 is 5.97 Å². The second-order valence-electron chi connectivity index (χ2n) is 9.23. The fourth-order valence-electron chi connectivity index (χ4n) is 4.19. The van der Waals surface area contributed by atoms with Gasteiger partial charge in [-0.2, -0.15) is 0 Å². The molecule has 1 aromatic carbocycles.